The zero-order valence-electron chi connectivity index (χ0n) is 14.5. The zero-order chi connectivity index (χ0) is 20.3. The highest BCUT2D eigenvalue weighted by atomic mass is 32.1. The van der Waals surface area contributed by atoms with Crippen molar-refractivity contribution < 1.29 is 9.66 Å². The van der Waals surface area contributed by atoms with Crippen LogP contribution in [-0.4, -0.2) is 26.9 Å². The topological polar surface area (TPSA) is 141 Å². The molecule has 10 nitrogen and oxygen atoms in total. The smallest absolute Gasteiger partial charge is 0.301 e. The van der Waals surface area contributed by atoms with Gasteiger partial charge in [0.15, 0.2) is 10.8 Å². The fraction of sp³-hybridized carbons (Fsp3) is 0.0588. The number of hydrogen-bond acceptors (Lipinski definition) is 7. The summed E-state index contributed by atoms with van der Waals surface area (Å²) >= 11 is 4.87. The Labute approximate surface area is 163 Å². The van der Waals surface area contributed by atoms with Crippen LogP contribution in [-0.2, 0) is 0 Å². The summed E-state index contributed by atoms with van der Waals surface area (Å²) in [6.45, 7) is 0. The SMILES string of the molecule is COc1ccc(N=Nc2c(-c3ccc([N+](=O)[O-])cc3)[nH]n(C(N)=S)c2=O)cc1. The average Bonchev–Trinajstić information content (AvgIpc) is 3.03. The molecule has 0 bridgehead atoms. The third-order valence-electron chi connectivity index (χ3n) is 3.79. The highest BCUT2D eigenvalue weighted by molar-refractivity contribution is 7.80. The molecule has 0 saturated carbocycles. The van der Waals surface area contributed by atoms with E-state index in [-0.39, 0.29) is 22.2 Å². The van der Waals surface area contributed by atoms with E-state index >= 15 is 0 Å². The number of nitrogens with one attached hydrogen (secondary N) is 1. The van der Waals surface area contributed by atoms with Crippen LogP contribution in [0, 0.1) is 10.1 Å². The van der Waals surface area contributed by atoms with Crippen molar-refractivity contribution in [2.24, 2.45) is 16.0 Å². The van der Waals surface area contributed by atoms with E-state index in [4.69, 9.17) is 22.7 Å². The Bertz CT molecular complexity index is 1120. The Kier molecular flexibility index (Phi) is 5.27. The van der Waals surface area contributed by atoms with Gasteiger partial charge < -0.3 is 10.5 Å². The summed E-state index contributed by atoms with van der Waals surface area (Å²) < 4.78 is 6.03. The van der Waals surface area contributed by atoms with Crippen molar-refractivity contribution in [1.82, 2.24) is 9.78 Å². The number of aromatic nitrogens is 2. The number of rotatable bonds is 5. The molecule has 0 radical (unpaired) electrons. The quantitative estimate of drug-likeness (QED) is 0.292. The number of benzene rings is 2. The summed E-state index contributed by atoms with van der Waals surface area (Å²) in [6.07, 6.45) is 0. The van der Waals surface area contributed by atoms with E-state index in [1.165, 1.54) is 24.3 Å². The Morgan fingerprint density at radius 3 is 2.36 bits per heavy atom. The lowest BCUT2D eigenvalue weighted by atomic mass is 10.1. The molecule has 0 aliphatic heterocycles. The first-order chi connectivity index (χ1) is 13.4. The van der Waals surface area contributed by atoms with E-state index in [1.807, 2.05) is 0 Å². The molecule has 0 aliphatic rings. The second kappa shape index (κ2) is 7.80. The van der Waals surface area contributed by atoms with Gasteiger partial charge in [-0.25, -0.2) is 0 Å². The summed E-state index contributed by atoms with van der Waals surface area (Å²) in [7, 11) is 1.55. The van der Waals surface area contributed by atoms with E-state index in [0.717, 1.165) is 4.68 Å². The number of H-pyrrole nitrogens is 1. The summed E-state index contributed by atoms with van der Waals surface area (Å²) in [6, 6.07) is 12.4. The summed E-state index contributed by atoms with van der Waals surface area (Å²) in [5, 5.41) is 21.5. The zero-order valence-corrected chi connectivity index (χ0v) is 15.3. The lowest BCUT2D eigenvalue weighted by molar-refractivity contribution is -0.384. The van der Waals surface area contributed by atoms with Crippen LogP contribution in [0.15, 0.2) is 63.6 Å². The van der Waals surface area contributed by atoms with Crippen LogP contribution in [0.4, 0.5) is 17.1 Å². The van der Waals surface area contributed by atoms with Gasteiger partial charge in [0.2, 0.25) is 0 Å². The Morgan fingerprint density at radius 2 is 1.82 bits per heavy atom. The van der Waals surface area contributed by atoms with Crippen LogP contribution in [0.3, 0.4) is 0 Å². The van der Waals surface area contributed by atoms with E-state index < -0.39 is 10.5 Å². The minimum atomic E-state index is -0.585. The van der Waals surface area contributed by atoms with Crippen LogP contribution in [0.1, 0.15) is 0 Å². The maximum atomic E-state index is 12.6. The molecule has 142 valence electrons. The van der Waals surface area contributed by atoms with Crippen LogP contribution in [0.25, 0.3) is 11.3 Å². The van der Waals surface area contributed by atoms with Gasteiger partial charge in [-0.3, -0.25) is 20.0 Å². The lowest BCUT2D eigenvalue weighted by Gasteiger charge is -2.00. The lowest BCUT2D eigenvalue weighted by Crippen LogP contribution is -2.29. The van der Waals surface area contributed by atoms with Crippen molar-refractivity contribution in [2.45, 2.75) is 0 Å². The number of methoxy groups -OCH3 is 1. The van der Waals surface area contributed by atoms with Gasteiger partial charge in [0.05, 0.1) is 23.4 Å². The molecule has 3 rings (SSSR count). The van der Waals surface area contributed by atoms with Gasteiger partial charge in [0.1, 0.15) is 5.75 Å². The number of azo groups is 1. The number of nitro benzene ring substituents is 1. The fourth-order valence-corrected chi connectivity index (χ4v) is 2.51. The van der Waals surface area contributed by atoms with Crippen molar-refractivity contribution >= 4 is 34.4 Å². The third-order valence-corrected chi connectivity index (χ3v) is 3.97. The number of thiocarbonyl (C=S) groups is 1. The number of nitrogens with two attached hydrogens (primary N) is 1. The molecule has 2 aromatic carbocycles. The number of hydrogen-bond donors (Lipinski definition) is 2. The van der Waals surface area contributed by atoms with E-state index in [0.29, 0.717) is 17.0 Å². The maximum Gasteiger partial charge on any atom is 0.301 e. The molecule has 1 heterocycles. The molecule has 0 saturated heterocycles. The maximum absolute atomic E-state index is 12.6. The van der Waals surface area contributed by atoms with Crippen molar-refractivity contribution in [1.29, 1.82) is 0 Å². The van der Waals surface area contributed by atoms with Crippen molar-refractivity contribution in [2.75, 3.05) is 7.11 Å². The molecule has 0 atom stereocenters. The van der Waals surface area contributed by atoms with E-state index in [9.17, 15) is 14.9 Å². The van der Waals surface area contributed by atoms with Crippen LogP contribution in [0.2, 0.25) is 0 Å². The molecule has 1 aromatic heterocycles. The van der Waals surface area contributed by atoms with Gasteiger partial charge in [-0.05, 0) is 48.6 Å². The third kappa shape index (κ3) is 3.78. The molecule has 0 fully saturated rings. The second-order valence-electron chi connectivity index (χ2n) is 5.52. The summed E-state index contributed by atoms with van der Waals surface area (Å²) in [5.74, 6) is 0.656. The highest BCUT2D eigenvalue weighted by Gasteiger charge is 2.18. The largest absolute Gasteiger partial charge is 0.497 e. The monoisotopic (exact) mass is 398 g/mol. The first kappa shape index (κ1) is 18.9. The molecule has 0 aliphatic carbocycles. The van der Waals surface area contributed by atoms with Crippen molar-refractivity contribution in [3.63, 3.8) is 0 Å². The van der Waals surface area contributed by atoms with E-state index in [1.54, 1.807) is 31.4 Å². The predicted molar refractivity (Wildman–Crippen MR) is 106 cm³/mol. The highest BCUT2D eigenvalue weighted by Crippen LogP contribution is 2.29. The number of nitrogens with zero attached hydrogens (tertiary/aromatic N) is 4. The normalized spacial score (nSPS) is 10.9. The summed E-state index contributed by atoms with van der Waals surface area (Å²) in [4.78, 5) is 22.9. The fourth-order valence-electron chi connectivity index (χ4n) is 2.38. The molecule has 0 amide bonds. The molecule has 11 heteroatoms. The minimum absolute atomic E-state index is 0.0301. The second-order valence-corrected chi connectivity index (χ2v) is 5.93. The van der Waals surface area contributed by atoms with Crippen LogP contribution < -0.4 is 16.0 Å². The number of aromatic amines is 1. The number of nitro groups is 1. The Hall–Kier alpha value is -3.86. The van der Waals surface area contributed by atoms with Gasteiger partial charge in [0, 0.05) is 17.7 Å². The molecule has 3 aromatic rings. The molecule has 3 N–H and O–H groups in total. The Balaban J connectivity index is 2.05. The van der Waals surface area contributed by atoms with Gasteiger partial charge in [-0.15, -0.1) is 5.11 Å². The Morgan fingerprint density at radius 1 is 1.18 bits per heavy atom. The minimum Gasteiger partial charge on any atom is -0.497 e. The molecule has 28 heavy (non-hydrogen) atoms. The first-order valence-electron chi connectivity index (χ1n) is 7.86. The van der Waals surface area contributed by atoms with Gasteiger partial charge in [0.25, 0.3) is 5.69 Å². The van der Waals surface area contributed by atoms with Crippen molar-refractivity contribution in [3.8, 4) is 17.0 Å². The molecular weight excluding hydrogens is 384 g/mol. The predicted octanol–water partition coefficient (Wildman–Crippen LogP) is 3.27. The average molecular weight is 398 g/mol. The molecular formula is C17H14N6O4S. The van der Waals surface area contributed by atoms with Gasteiger partial charge in [-0.1, -0.05) is 0 Å². The van der Waals surface area contributed by atoms with Gasteiger partial charge in [-0.2, -0.15) is 9.80 Å². The van der Waals surface area contributed by atoms with Gasteiger partial charge >= 0.3 is 5.56 Å². The number of ether oxygens (including phenoxy) is 1. The standard InChI is InChI=1S/C17H14N6O4S/c1-27-13-8-4-11(5-9-13)19-20-15-14(21-22(16(15)24)17(18)28)10-2-6-12(7-3-10)23(25)26/h2-9,21H,1H3,(H2,18,28). The molecule has 0 spiro atoms. The van der Waals surface area contributed by atoms with E-state index in [2.05, 4.69) is 15.3 Å². The number of non-ortho nitro benzene ring substituents is 1. The van der Waals surface area contributed by atoms with Crippen molar-refractivity contribution in [3.05, 3.63) is 69.0 Å². The first-order valence-corrected chi connectivity index (χ1v) is 8.27. The van der Waals surface area contributed by atoms with Crippen LogP contribution in [0.5, 0.6) is 5.75 Å². The molecule has 0 unspecified atom stereocenters. The van der Waals surface area contributed by atoms with Crippen LogP contribution >= 0.6 is 12.2 Å². The summed E-state index contributed by atoms with van der Waals surface area (Å²) in [5.41, 5.74) is 6.14.